The van der Waals surface area contributed by atoms with Gasteiger partial charge < -0.3 is 23.8 Å². The van der Waals surface area contributed by atoms with Crippen molar-refractivity contribution < 1.29 is 35.3 Å². The number of rotatable bonds is 10. The fraction of sp³-hybridized carbons (Fsp3) is 0.400. The van der Waals surface area contributed by atoms with Crippen LogP contribution in [0.25, 0.3) is 0 Å². The number of ether oxygens (including phenoxy) is 2. The minimum Gasteiger partial charge on any atom is -0.490 e. The number of aryl methyl sites for hydroxylation is 1. The van der Waals surface area contributed by atoms with Crippen molar-refractivity contribution in [3.05, 3.63) is 48.0 Å². The molecule has 1 saturated heterocycles. The highest BCUT2D eigenvalue weighted by Crippen LogP contribution is 2.32. The van der Waals surface area contributed by atoms with E-state index in [2.05, 4.69) is 10.2 Å². The molecule has 0 saturated carbocycles. The van der Waals surface area contributed by atoms with E-state index < -0.39 is 25.4 Å². The molecule has 0 aromatic heterocycles. The van der Waals surface area contributed by atoms with Crippen molar-refractivity contribution in [2.75, 3.05) is 32.9 Å². The SMILES string of the molecule is Cc1ccc(OS(=O)(=O)c2cccc(S(=O)(=O)C3CNCCO3)c2)c(OCCCON)c1. The third-order valence-electron chi connectivity index (χ3n) is 4.63. The van der Waals surface area contributed by atoms with Crippen LogP contribution in [-0.4, -0.2) is 55.2 Å². The summed E-state index contributed by atoms with van der Waals surface area (Å²) in [5.74, 6) is 5.20. The van der Waals surface area contributed by atoms with E-state index >= 15 is 0 Å². The zero-order valence-corrected chi connectivity index (χ0v) is 19.2. The largest absolute Gasteiger partial charge is 0.490 e. The molecule has 3 N–H and O–H groups in total. The van der Waals surface area contributed by atoms with Crippen LogP contribution in [0.2, 0.25) is 0 Å². The van der Waals surface area contributed by atoms with Crippen molar-refractivity contribution in [3.8, 4) is 11.5 Å². The Morgan fingerprint density at radius 2 is 1.84 bits per heavy atom. The number of morpholine rings is 1. The highest BCUT2D eigenvalue weighted by atomic mass is 32.2. The molecule has 2 aromatic carbocycles. The Morgan fingerprint density at radius 3 is 2.56 bits per heavy atom. The number of nitrogens with two attached hydrogens (primary N) is 1. The number of nitrogens with one attached hydrogen (secondary N) is 1. The van der Waals surface area contributed by atoms with E-state index in [-0.39, 0.29) is 47.7 Å². The van der Waals surface area contributed by atoms with Crippen molar-refractivity contribution in [1.82, 2.24) is 5.32 Å². The molecular formula is C20H26N2O8S2. The fourth-order valence-corrected chi connectivity index (χ4v) is 5.52. The van der Waals surface area contributed by atoms with Gasteiger partial charge >= 0.3 is 10.1 Å². The van der Waals surface area contributed by atoms with E-state index in [1.165, 1.54) is 24.3 Å². The van der Waals surface area contributed by atoms with Crippen molar-refractivity contribution in [2.24, 2.45) is 5.90 Å². The van der Waals surface area contributed by atoms with E-state index in [4.69, 9.17) is 19.6 Å². The average molecular weight is 487 g/mol. The lowest BCUT2D eigenvalue weighted by atomic mass is 10.2. The Morgan fingerprint density at radius 1 is 1.06 bits per heavy atom. The van der Waals surface area contributed by atoms with Crippen molar-refractivity contribution in [2.45, 2.75) is 28.6 Å². The van der Waals surface area contributed by atoms with Crippen LogP contribution in [-0.2, 0) is 29.5 Å². The van der Waals surface area contributed by atoms with E-state index in [0.29, 0.717) is 13.0 Å². The summed E-state index contributed by atoms with van der Waals surface area (Å²) in [6.45, 7) is 3.26. The Kier molecular flexibility index (Phi) is 8.09. The number of hydrogen-bond donors (Lipinski definition) is 2. The van der Waals surface area contributed by atoms with Gasteiger partial charge in [-0.3, -0.25) is 0 Å². The van der Waals surface area contributed by atoms with Crippen LogP contribution in [0.3, 0.4) is 0 Å². The van der Waals surface area contributed by atoms with Crippen LogP contribution in [0.5, 0.6) is 11.5 Å². The van der Waals surface area contributed by atoms with Crippen LogP contribution < -0.4 is 20.1 Å². The van der Waals surface area contributed by atoms with E-state index in [0.717, 1.165) is 11.6 Å². The summed E-state index contributed by atoms with van der Waals surface area (Å²) in [6.07, 6.45) is 0.495. The van der Waals surface area contributed by atoms with Gasteiger partial charge in [0.2, 0.25) is 9.84 Å². The predicted octanol–water partition coefficient (Wildman–Crippen LogP) is 1.14. The fourth-order valence-electron chi connectivity index (χ4n) is 2.99. The first-order valence-corrected chi connectivity index (χ1v) is 12.9. The number of benzene rings is 2. The summed E-state index contributed by atoms with van der Waals surface area (Å²) in [5.41, 5.74) is -0.251. The van der Waals surface area contributed by atoms with Gasteiger partial charge in [0.25, 0.3) is 0 Å². The van der Waals surface area contributed by atoms with Crippen LogP contribution >= 0.6 is 0 Å². The molecule has 1 fully saturated rings. The van der Waals surface area contributed by atoms with Crippen LogP contribution in [0.15, 0.2) is 52.3 Å². The summed E-state index contributed by atoms with van der Waals surface area (Å²) in [5, 5.41) is 2.95. The second-order valence-electron chi connectivity index (χ2n) is 7.08. The molecule has 0 bridgehead atoms. The smallest absolute Gasteiger partial charge is 0.339 e. The quantitative estimate of drug-likeness (QED) is 0.285. The minimum atomic E-state index is -4.34. The lowest BCUT2D eigenvalue weighted by molar-refractivity contribution is 0.0785. The van der Waals surface area contributed by atoms with Gasteiger partial charge in [0.15, 0.2) is 16.9 Å². The van der Waals surface area contributed by atoms with Gasteiger partial charge in [-0.25, -0.2) is 14.3 Å². The molecule has 32 heavy (non-hydrogen) atoms. The molecule has 0 radical (unpaired) electrons. The van der Waals surface area contributed by atoms with Crippen molar-refractivity contribution >= 4 is 20.0 Å². The van der Waals surface area contributed by atoms with Gasteiger partial charge in [0.05, 0.1) is 24.7 Å². The molecule has 0 amide bonds. The second-order valence-corrected chi connectivity index (χ2v) is 10.7. The molecule has 1 atom stereocenters. The minimum absolute atomic E-state index is 0.0164. The van der Waals surface area contributed by atoms with Crippen LogP contribution in [0, 0.1) is 6.92 Å². The molecule has 0 aliphatic carbocycles. The summed E-state index contributed by atoms with van der Waals surface area (Å²) in [7, 11) is -8.24. The van der Waals surface area contributed by atoms with Gasteiger partial charge in [-0.15, -0.1) is 0 Å². The predicted molar refractivity (Wildman–Crippen MR) is 115 cm³/mol. The Labute approximate surface area is 187 Å². The normalized spacial score (nSPS) is 17.1. The maximum Gasteiger partial charge on any atom is 0.339 e. The summed E-state index contributed by atoms with van der Waals surface area (Å²) >= 11 is 0. The molecule has 2 aromatic rings. The maximum atomic E-state index is 12.9. The Bertz CT molecular complexity index is 1130. The maximum absolute atomic E-state index is 12.9. The third-order valence-corrected chi connectivity index (χ3v) is 7.76. The standard InChI is InChI=1S/C20H26N2O8S2/c1-15-6-7-18(19(12-15)27-9-3-10-29-21)30-32(25,26)17-5-2-4-16(13-17)31(23,24)20-14-22-8-11-28-20/h2,4-7,12-13,20,22H,3,8-11,14,21H2,1H3. The summed E-state index contributed by atoms with van der Waals surface area (Å²) in [4.78, 5) is 4.02. The van der Waals surface area contributed by atoms with Crippen molar-refractivity contribution in [1.29, 1.82) is 0 Å². The van der Waals surface area contributed by atoms with Gasteiger partial charge in [-0.2, -0.15) is 8.42 Å². The number of sulfone groups is 1. The first kappa shape index (κ1) is 24.4. The molecule has 3 rings (SSSR count). The van der Waals surface area contributed by atoms with Crippen LogP contribution in [0.1, 0.15) is 12.0 Å². The van der Waals surface area contributed by atoms with E-state index in [1.807, 2.05) is 6.92 Å². The molecule has 10 nitrogen and oxygen atoms in total. The lowest BCUT2D eigenvalue weighted by Gasteiger charge is -2.23. The molecule has 1 unspecified atom stereocenters. The average Bonchev–Trinajstić information content (AvgIpc) is 2.79. The molecule has 12 heteroatoms. The first-order chi connectivity index (χ1) is 15.2. The summed E-state index contributed by atoms with van der Waals surface area (Å²) < 4.78 is 67.8. The molecule has 0 spiro atoms. The van der Waals surface area contributed by atoms with Gasteiger partial charge in [0.1, 0.15) is 4.90 Å². The molecule has 1 aliphatic heterocycles. The van der Waals surface area contributed by atoms with E-state index in [9.17, 15) is 16.8 Å². The van der Waals surface area contributed by atoms with Gasteiger partial charge in [-0.05, 0) is 42.8 Å². The highest BCUT2D eigenvalue weighted by Gasteiger charge is 2.31. The molecule has 176 valence electrons. The number of hydrogen-bond acceptors (Lipinski definition) is 10. The third kappa shape index (κ3) is 5.97. The molecule has 1 aliphatic rings. The monoisotopic (exact) mass is 486 g/mol. The summed E-state index contributed by atoms with van der Waals surface area (Å²) in [6, 6.07) is 9.80. The van der Waals surface area contributed by atoms with Crippen LogP contribution in [0.4, 0.5) is 0 Å². The zero-order chi connectivity index (χ0) is 23.2. The molecular weight excluding hydrogens is 460 g/mol. The Balaban J connectivity index is 1.84. The van der Waals surface area contributed by atoms with Gasteiger partial charge in [0, 0.05) is 19.5 Å². The lowest BCUT2D eigenvalue weighted by Crippen LogP contribution is -2.43. The first-order valence-electron chi connectivity index (χ1n) is 9.90. The zero-order valence-electron chi connectivity index (χ0n) is 17.5. The Hall–Kier alpha value is -2.22. The van der Waals surface area contributed by atoms with E-state index in [1.54, 1.807) is 12.1 Å². The highest BCUT2D eigenvalue weighted by molar-refractivity contribution is 7.92. The van der Waals surface area contributed by atoms with Crippen molar-refractivity contribution in [3.63, 3.8) is 0 Å². The van der Waals surface area contributed by atoms with Gasteiger partial charge in [-0.1, -0.05) is 12.1 Å². The molecule has 1 heterocycles. The topological polar surface area (TPSA) is 143 Å². The second kappa shape index (κ2) is 10.6.